The summed E-state index contributed by atoms with van der Waals surface area (Å²) in [5.74, 6) is 0.00439. The number of hydrogen-bond acceptors (Lipinski definition) is 6. The van der Waals surface area contributed by atoms with Crippen LogP contribution in [0.15, 0.2) is 40.5 Å². The number of nitrogens with one attached hydrogen (secondary N) is 1. The van der Waals surface area contributed by atoms with E-state index < -0.39 is 34.7 Å². The summed E-state index contributed by atoms with van der Waals surface area (Å²) >= 11 is 0. The first kappa shape index (κ1) is 13.5. The number of benzene rings is 1. The molecular weight excluding hydrogens is 392 g/mol. The van der Waals surface area contributed by atoms with E-state index in [-0.39, 0.29) is 23.0 Å². The van der Waals surface area contributed by atoms with Crippen molar-refractivity contribution in [2.45, 2.75) is 43.2 Å². The van der Waals surface area contributed by atoms with E-state index in [1.54, 1.807) is 24.1 Å². The van der Waals surface area contributed by atoms with Crippen LogP contribution in [0.4, 0.5) is 5.69 Å². The smallest absolute Gasteiger partial charge is 0.263 e. The average molecular weight is 420 g/mol. The molecule has 10 heteroatoms. The van der Waals surface area contributed by atoms with Crippen LogP contribution in [0.5, 0.6) is 0 Å². The molecule has 29 heavy (non-hydrogen) atoms. The average Bonchev–Trinajstić information content (AvgIpc) is 3.22. The Bertz CT molecular complexity index is 1340. The van der Waals surface area contributed by atoms with Crippen molar-refractivity contribution < 1.29 is 20.1 Å². The molecule has 0 saturated heterocycles. The summed E-state index contributed by atoms with van der Waals surface area (Å²) in [6, 6.07) is 1.17. The molecular formula is C19H22N6O3S. The highest BCUT2D eigenvalue weighted by Crippen LogP contribution is 2.35. The number of fused-ring (bicyclic) bond motifs is 3. The van der Waals surface area contributed by atoms with Crippen molar-refractivity contribution in [3.05, 3.63) is 41.7 Å². The van der Waals surface area contributed by atoms with Crippen molar-refractivity contribution in [2.24, 2.45) is 12.0 Å². The van der Waals surface area contributed by atoms with Crippen LogP contribution in [0.3, 0.4) is 0 Å². The van der Waals surface area contributed by atoms with Crippen LogP contribution >= 0.6 is 0 Å². The van der Waals surface area contributed by atoms with Crippen LogP contribution in [0.1, 0.15) is 42.4 Å². The van der Waals surface area contributed by atoms with E-state index in [0.29, 0.717) is 18.2 Å². The van der Waals surface area contributed by atoms with E-state index in [2.05, 4.69) is 10.1 Å². The fourth-order valence-electron chi connectivity index (χ4n) is 3.58. The van der Waals surface area contributed by atoms with Crippen molar-refractivity contribution >= 4 is 27.6 Å². The highest BCUT2D eigenvalue weighted by atomic mass is 32.2. The van der Waals surface area contributed by atoms with Gasteiger partial charge in [0, 0.05) is 31.7 Å². The van der Waals surface area contributed by atoms with Crippen molar-refractivity contribution in [3.8, 4) is 0 Å². The van der Waals surface area contributed by atoms with Gasteiger partial charge < -0.3 is 4.90 Å². The third kappa shape index (κ3) is 3.12. The molecule has 1 aromatic heterocycles. The molecule has 0 spiro atoms. The minimum atomic E-state index is -4.51. The number of sulfonamides is 1. The van der Waals surface area contributed by atoms with Gasteiger partial charge in [-0.15, -0.1) is 0 Å². The van der Waals surface area contributed by atoms with Gasteiger partial charge in [0.1, 0.15) is 0 Å². The standard InChI is InChI=1S/C19H22N6O3S/c1-12-8-20-19-24(11-13-9-21-23(2)10-13)18(26)16-7-15(5-6-17(16)25(12)19)29(27,28)22-14-3-4-14/h5-7,9-10,12,14,22H,3-4,8,11H2,1-2H3/t12-/m1/s1/i3D2,4D2,14D. The Balaban J connectivity index is 1.53. The van der Waals surface area contributed by atoms with Gasteiger partial charge in [0.25, 0.3) is 5.91 Å². The normalized spacial score (nSPS) is 28.3. The number of rotatable bonds is 5. The molecule has 1 amide bonds. The quantitative estimate of drug-likeness (QED) is 0.782. The Morgan fingerprint density at radius 1 is 1.38 bits per heavy atom. The number of guanidine groups is 1. The summed E-state index contributed by atoms with van der Waals surface area (Å²) < 4.78 is 68.1. The largest absolute Gasteiger partial charge is 0.307 e. The van der Waals surface area contributed by atoms with Crippen molar-refractivity contribution in [1.82, 2.24) is 19.4 Å². The summed E-state index contributed by atoms with van der Waals surface area (Å²) in [5, 5.41) is 4.12. The molecule has 1 aliphatic carbocycles. The second-order valence-corrected chi connectivity index (χ2v) is 8.87. The zero-order chi connectivity index (χ0) is 24.8. The number of carbonyl (C=O) groups excluding carboxylic acids is 1. The number of amides is 1. The van der Waals surface area contributed by atoms with Gasteiger partial charge in [-0.25, -0.2) is 13.1 Å². The fraction of sp³-hybridized carbons (Fsp3) is 0.421. The maximum atomic E-state index is 13.5. The van der Waals surface area contributed by atoms with Gasteiger partial charge in [0.05, 0.1) is 41.5 Å². The maximum Gasteiger partial charge on any atom is 0.263 e. The van der Waals surface area contributed by atoms with E-state index >= 15 is 0 Å². The summed E-state index contributed by atoms with van der Waals surface area (Å²) in [5.41, 5.74) is 1.37. The van der Waals surface area contributed by atoms with Crippen LogP contribution in [0, 0.1) is 0 Å². The molecule has 0 radical (unpaired) electrons. The first-order chi connectivity index (χ1) is 15.7. The summed E-state index contributed by atoms with van der Waals surface area (Å²) in [4.78, 5) is 20.9. The molecule has 0 unspecified atom stereocenters. The Labute approximate surface area is 176 Å². The molecule has 2 aliphatic heterocycles. The van der Waals surface area contributed by atoms with Crippen LogP contribution in [-0.4, -0.2) is 53.6 Å². The number of aliphatic imine (C=N–C) groups is 1. The molecule has 2 aromatic rings. The van der Waals surface area contributed by atoms with Crippen molar-refractivity contribution in [1.29, 1.82) is 0 Å². The molecule has 0 bridgehead atoms. The summed E-state index contributed by atoms with van der Waals surface area (Å²) in [6.07, 6.45) is -2.01. The number of hydrogen-bond donors (Lipinski definition) is 1. The minimum absolute atomic E-state index is 0.0682. The number of nitrogens with zero attached hydrogens (tertiary/aromatic N) is 5. The molecule has 9 nitrogen and oxygen atoms in total. The topological polar surface area (TPSA) is 99.9 Å². The number of anilines is 1. The third-order valence-electron chi connectivity index (χ3n) is 4.99. The van der Waals surface area contributed by atoms with Crippen molar-refractivity contribution in [2.75, 3.05) is 11.4 Å². The lowest BCUT2D eigenvalue weighted by Crippen LogP contribution is -2.52. The predicted octanol–water partition coefficient (Wildman–Crippen LogP) is 1.08. The Kier molecular flexibility index (Phi) is 2.97. The zero-order valence-electron chi connectivity index (χ0n) is 20.7. The third-order valence-corrected chi connectivity index (χ3v) is 6.34. The Hall–Kier alpha value is -2.72. The molecule has 1 atom stereocenters. The second-order valence-electron chi connectivity index (χ2n) is 7.18. The van der Waals surface area contributed by atoms with Crippen LogP contribution in [0.2, 0.25) is 0 Å². The van der Waals surface area contributed by atoms with Gasteiger partial charge in [-0.2, -0.15) is 5.10 Å². The molecule has 3 heterocycles. The Morgan fingerprint density at radius 2 is 2.17 bits per heavy atom. The molecule has 1 saturated carbocycles. The lowest BCUT2D eigenvalue weighted by Gasteiger charge is -2.37. The number of aryl methyl sites for hydroxylation is 1. The summed E-state index contributed by atoms with van der Waals surface area (Å²) in [7, 11) is -2.76. The van der Waals surface area contributed by atoms with Crippen molar-refractivity contribution in [3.63, 3.8) is 0 Å². The van der Waals surface area contributed by atoms with Gasteiger partial charge >= 0.3 is 0 Å². The first-order valence-electron chi connectivity index (χ1n) is 11.5. The number of carbonyl (C=O) groups is 1. The second kappa shape index (κ2) is 6.39. The lowest BCUT2D eigenvalue weighted by atomic mass is 10.1. The highest BCUT2D eigenvalue weighted by Gasteiger charge is 2.41. The van der Waals surface area contributed by atoms with Crippen LogP contribution in [0.25, 0.3) is 0 Å². The molecule has 5 rings (SSSR count). The van der Waals surface area contributed by atoms with Gasteiger partial charge in [0.15, 0.2) is 0 Å². The lowest BCUT2D eigenvalue weighted by molar-refractivity contribution is 0.0833. The van der Waals surface area contributed by atoms with Gasteiger partial charge in [-0.1, -0.05) is 0 Å². The van der Waals surface area contributed by atoms with Crippen LogP contribution in [-0.2, 0) is 23.6 Å². The molecule has 1 aromatic carbocycles. The van der Waals surface area contributed by atoms with Crippen LogP contribution < -0.4 is 9.62 Å². The maximum absolute atomic E-state index is 13.5. The highest BCUT2D eigenvalue weighted by molar-refractivity contribution is 7.89. The first-order valence-corrected chi connectivity index (χ1v) is 10.5. The monoisotopic (exact) mass is 419 g/mol. The van der Waals surface area contributed by atoms with E-state index in [1.807, 2.05) is 16.5 Å². The Morgan fingerprint density at radius 3 is 2.86 bits per heavy atom. The SMILES string of the molecule is [2H]C1([2H])C([2H])([2H])C1([2H])NS(=O)(=O)c1ccc2c(c1)C(=O)N(Cc1cnn(C)c1)C1=NC[C@@H](C)N12. The predicted molar refractivity (Wildman–Crippen MR) is 107 cm³/mol. The van der Waals surface area contributed by atoms with Gasteiger partial charge in [-0.05, 0) is 37.9 Å². The minimum Gasteiger partial charge on any atom is -0.307 e. The van der Waals surface area contributed by atoms with E-state index in [4.69, 9.17) is 6.85 Å². The molecule has 152 valence electrons. The molecule has 3 aliphatic rings. The molecule has 1 fully saturated rings. The van der Waals surface area contributed by atoms with Gasteiger partial charge in [0.2, 0.25) is 16.0 Å². The zero-order valence-corrected chi connectivity index (χ0v) is 16.6. The van der Waals surface area contributed by atoms with Gasteiger partial charge in [-0.3, -0.25) is 19.4 Å². The summed E-state index contributed by atoms with van der Waals surface area (Å²) in [6.45, 7) is 2.57. The fourth-order valence-corrected chi connectivity index (χ4v) is 4.59. The van der Waals surface area contributed by atoms with E-state index in [1.165, 1.54) is 23.1 Å². The molecule has 1 N–H and O–H groups in total. The number of aromatic nitrogens is 2. The van der Waals surface area contributed by atoms with E-state index in [0.717, 1.165) is 5.56 Å². The van der Waals surface area contributed by atoms with E-state index in [9.17, 15) is 13.2 Å².